The van der Waals surface area contributed by atoms with Crippen molar-refractivity contribution in [1.29, 1.82) is 0 Å². The number of amides is 1. The van der Waals surface area contributed by atoms with Crippen LogP contribution in [0, 0.1) is 11.8 Å². The maximum Gasteiger partial charge on any atom is 0.276 e. The molecule has 31 heavy (non-hydrogen) atoms. The molecule has 1 aliphatic rings. The Morgan fingerprint density at radius 1 is 1.06 bits per heavy atom. The van der Waals surface area contributed by atoms with E-state index >= 15 is 0 Å². The molecule has 160 valence electrons. The minimum Gasteiger partial charge on any atom is -0.355 e. The Morgan fingerprint density at radius 2 is 1.74 bits per heavy atom. The lowest BCUT2D eigenvalue weighted by molar-refractivity contribution is 0.0642. The predicted molar refractivity (Wildman–Crippen MR) is 118 cm³/mol. The summed E-state index contributed by atoms with van der Waals surface area (Å²) in [6.07, 6.45) is 5.67. The number of piperidine rings is 1. The Bertz CT molecular complexity index is 1030. The fraction of sp³-hybridized carbons (Fsp3) is 0.360. The summed E-state index contributed by atoms with van der Waals surface area (Å²) in [4.78, 5) is 31.5. The molecule has 0 aliphatic carbocycles. The molecular formula is C25H27N3O3. The zero-order chi connectivity index (χ0) is 21.8. The molecule has 1 amide bonds. The monoisotopic (exact) mass is 417 g/mol. The number of nitrogens with zero attached hydrogens (tertiary/aromatic N) is 3. The molecule has 3 heterocycles. The third-order valence-electron chi connectivity index (χ3n) is 5.73. The largest absolute Gasteiger partial charge is 0.355 e. The van der Waals surface area contributed by atoms with Crippen molar-refractivity contribution in [2.24, 2.45) is 11.8 Å². The normalized spacial score (nSPS) is 14.7. The smallest absolute Gasteiger partial charge is 0.276 e. The third-order valence-corrected chi connectivity index (χ3v) is 5.73. The SMILES string of the molecule is CC(C)Cc1ccc(C(=O)C2CCN(C(=O)c3cc(-c4ccncc4)on3)CC2)cc1. The molecule has 0 saturated carbocycles. The maximum atomic E-state index is 12.9. The lowest BCUT2D eigenvalue weighted by Gasteiger charge is -2.30. The molecule has 6 heteroatoms. The van der Waals surface area contributed by atoms with Gasteiger partial charge in [-0.3, -0.25) is 14.6 Å². The van der Waals surface area contributed by atoms with Crippen LogP contribution in [-0.2, 0) is 6.42 Å². The summed E-state index contributed by atoms with van der Waals surface area (Å²) < 4.78 is 5.33. The molecule has 2 aromatic heterocycles. The van der Waals surface area contributed by atoms with Crippen LogP contribution in [0.4, 0.5) is 0 Å². The fourth-order valence-corrected chi connectivity index (χ4v) is 4.05. The van der Waals surface area contributed by atoms with E-state index in [1.54, 1.807) is 35.5 Å². The van der Waals surface area contributed by atoms with E-state index in [0.29, 0.717) is 37.6 Å². The van der Waals surface area contributed by atoms with Crippen molar-refractivity contribution in [2.45, 2.75) is 33.1 Å². The summed E-state index contributed by atoms with van der Waals surface area (Å²) in [6.45, 7) is 5.45. The highest BCUT2D eigenvalue weighted by atomic mass is 16.5. The number of rotatable bonds is 6. The lowest BCUT2D eigenvalue weighted by Crippen LogP contribution is -2.40. The molecule has 3 aromatic rings. The molecule has 0 radical (unpaired) electrons. The van der Waals surface area contributed by atoms with E-state index in [9.17, 15) is 9.59 Å². The number of hydrogen-bond acceptors (Lipinski definition) is 5. The maximum absolute atomic E-state index is 12.9. The molecule has 0 bridgehead atoms. The second-order valence-corrected chi connectivity index (χ2v) is 8.54. The van der Waals surface area contributed by atoms with Crippen molar-refractivity contribution in [1.82, 2.24) is 15.0 Å². The van der Waals surface area contributed by atoms with Gasteiger partial charge in [0.1, 0.15) is 0 Å². The first-order chi connectivity index (χ1) is 15.0. The number of carbonyl (C=O) groups excluding carboxylic acids is 2. The van der Waals surface area contributed by atoms with Gasteiger partial charge >= 0.3 is 0 Å². The van der Waals surface area contributed by atoms with Crippen molar-refractivity contribution in [2.75, 3.05) is 13.1 Å². The minimum atomic E-state index is -0.159. The van der Waals surface area contributed by atoms with Gasteiger partial charge in [0, 0.05) is 48.6 Å². The summed E-state index contributed by atoms with van der Waals surface area (Å²) >= 11 is 0. The van der Waals surface area contributed by atoms with E-state index in [2.05, 4.69) is 36.1 Å². The molecule has 6 nitrogen and oxygen atoms in total. The van der Waals surface area contributed by atoms with Crippen LogP contribution in [0.5, 0.6) is 0 Å². The predicted octanol–water partition coefficient (Wildman–Crippen LogP) is 4.67. The first-order valence-corrected chi connectivity index (χ1v) is 10.8. The van der Waals surface area contributed by atoms with Crippen LogP contribution in [0.15, 0.2) is 59.4 Å². The van der Waals surface area contributed by atoms with E-state index < -0.39 is 0 Å². The van der Waals surface area contributed by atoms with Crippen molar-refractivity contribution in [3.05, 3.63) is 71.7 Å². The molecule has 4 rings (SSSR count). The number of Topliss-reactive ketones (excluding diaryl/α,β-unsaturated/α-hetero) is 1. The number of ketones is 1. The topological polar surface area (TPSA) is 76.3 Å². The highest BCUT2D eigenvalue weighted by molar-refractivity contribution is 5.98. The van der Waals surface area contributed by atoms with E-state index in [0.717, 1.165) is 17.5 Å². The molecule has 1 saturated heterocycles. The fourth-order valence-electron chi connectivity index (χ4n) is 4.05. The van der Waals surface area contributed by atoms with Gasteiger partial charge in [0.2, 0.25) is 0 Å². The van der Waals surface area contributed by atoms with Gasteiger partial charge in [0.25, 0.3) is 5.91 Å². The van der Waals surface area contributed by atoms with Crippen molar-refractivity contribution >= 4 is 11.7 Å². The molecule has 1 aliphatic heterocycles. The average Bonchev–Trinajstić information content (AvgIpc) is 3.29. The Kier molecular flexibility index (Phi) is 6.26. The minimum absolute atomic E-state index is 0.0512. The quantitative estimate of drug-likeness (QED) is 0.545. The van der Waals surface area contributed by atoms with Gasteiger partial charge in [0.15, 0.2) is 17.2 Å². The highest BCUT2D eigenvalue weighted by Gasteiger charge is 2.29. The molecule has 0 N–H and O–H groups in total. The Hall–Kier alpha value is -3.28. The molecule has 0 spiro atoms. The van der Waals surface area contributed by atoms with Crippen molar-refractivity contribution in [3.8, 4) is 11.3 Å². The van der Waals surface area contributed by atoms with Crippen LogP contribution >= 0.6 is 0 Å². The number of hydrogen-bond donors (Lipinski definition) is 0. The number of aromatic nitrogens is 2. The highest BCUT2D eigenvalue weighted by Crippen LogP contribution is 2.25. The van der Waals surface area contributed by atoms with Crippen LogP contribution in [0.3, 0.4) is 0 Å². The second kappa shape index (κ2) is 9.25. The number of likely N-dealkylation sites (tertiary alicyclic amines) is 1. The molecule has 0 unspecified atom stereocenters. The lowest BCUT2D eigenvalue weighted by atomic mass is 9.88. The first-order valence-electron chi connectivity index (χ1n) is 10.8. The summed E-state index contributed by atoms with van der Waals surface area (Å²) in [7, 11) is 0. The van der Waals surface area contributed by atoms with Gasteiger partial charge in [-0.1, -0.05) is 43.3 Å². The van der Waals surface area contributed by atoms with E-state index in [-0.39, 0.29) is 23.3 Å². The Labute approximate surface area is 182 Å². The van der Waals surface area contributed by atoms with Gasteiger partial charge < -0.3 is 9.42 Å². The second-order valence-electron chi connectivity index (χ2n) is 8.54. The van der Waals surface area contributed by atoms with Gasteiger partial charge in [0.05, 0.1) is 0 Å². The van der Waals surface area contributed by atoms with Gasteiger partial charge in [-0.2, -0.15) is 0 Å². The summed E-state index contributed by atoms with van der Waals surface area (Å²) in [6, 6.07) is 13.3. The van der Waals surface area contributed by atoms with Gasteiger partial charge in [-0.15, -0.1) is 0 Å². The van der Waals surface area contributed by atoms with E-state index in [1.165, 1.54) is 5.56 Å². The van der Waals surface area contributed by atoms with Crippen molar-refractivity contribution in [3.63, 3.8) is 0 Å². The number of pyridine rings is 1. The number of benzene rings is 1. The van der Waals surface area contributed by atoms with Crippen molar-refractivity contribution < 1.29 is 14.1 Å². The Morgan fingerprint density at radius 3 is 2.39 bits per heavy atom. The van der Waals surface area contributed by atoms with Crippen LogP contribution in [0.1, 0.15) is 53.1 Å². The van der Waals surface area contributed by atoms with Crippen LogP contribution in [0.2, 0.25) is 0 Å². The van der Waals surface area contributed by atoms with Gasteiger partial charge in [-0.05, 0) is 42.9 Å². The van der Waals surface area contributed by atoms with E-state index in [1.807, 2.05) is 12.1 Å². The van der Waals surface area contributed by atoms with E-state index in [4.69, 9.17) is 4.52 Å². The van der Waals surface area contributed by atoms with Crippen LogP contribution in [0.25, 0.3) is 11.3 Å². The molecule has 1 aromatic carbocycles. The summed E-state index contributed by atoms with van der Waals surface area (Å²) in [5.41, 5.74) is 3.13. The Balaban J connectivity index is 1.34. The summed E-state index contributed by atoms with van der Waals surface area (Å²) in [5, 5.41) is 3.94. The standard InChI is InChI=1S/C25H27N3O3/c1-17(2)15-18-3-5-20(6-4-18)24(29)21-9-13-28(14-10-21)25(30)22-16-23(31-27-22)19-7-11-26-12-8-19/h3-8,11-12,16-17,21H,9-10,13-15H2,1-2H3. The summed E-state index contributed by atoms with van der Waals surface area (Å²) in [5.74, 6) is 1.09. The third kappa shape index (κ3) is 4.90. The first kappa shape index (κ1) is 21.0. The number of carbonyl (C=O) groups is 2. The molecule has 1 fully saturated rings. The van der Waals surface area contributed by atoms with Gasteiger partial charge in [-0.25, -0.2) is 0 Å². The molecular weight excluding hydrogens is 390 g/mol. The zero-order valence-corrected chi connectivity index (χ0v) is 18.0. The van der Waals surface area contributed by atoms with Crippen LogP contribution < -0.4 is 0 Å². The van der Waals surface area contributed by atoms with Crippen LogP contribution in [-0.4, -0.2) is 39.8 Å². The zero-order valence-electron chi connectivity index (χ0n) is 18.0. The molecule has 0 atom stereocenters. The average molecular weight is 418 g/mol.